The van der Waals surface area contributed by atoms with E-state index in [4.69, 9.17) is 10.5 Å². The number of hydrogen-bond acceptors (Lipinski definition) is 4. The van der Waals surface area contributed by atoms with Crippen LogP contribution in [0.25, 0.3) is 5.57 Å². The minimum Gasteiger partial charge on any atom is -0.493 e. The van der Waals surface area contributed by atoms with Gasteiger partial charge in [0.2, 0.25) is 0 Å². The summed E-state index contributed by atoms with van der Waals surface area (Å²) in [5.74, 6) is 0.819. The molecule has 102 valence electrons. The quantitative estimate of drug-likeness (QED) is 0.792. The molecule has 0 atom stereocenters. The molecule has 2 N–H and O–H groups in total. The SMILES string of the molecule is COc1cnn(CCN(C)C)c1C(C)=CCCN. The minimum absolute atomic E-state index is 0.658. The summed E-state index contributed by atoms with van der Waals surface area (Å²) in [5.41, 5.74) is 7.74. The molecule has 1 heterocycles. The Morgan fingerprint density at radius 1 is 1.56 bits per heavy atom. The Bertz CT molecular complexity index is 396. The van der Waals surface area contributed by atoms with Crippen molar-refractivity contribution >= 4 is 5.57 Å². The second-order valence-electron chi connectivity index (χ2n) is 4.55. The van der Waals surface area contributed by atoms with Crippen molar-refractivity contribution in [2.24, 2.45) is 5.73 Å². The maximum Gasteiger partial charge on any atom is 0.164 e. The summed E-state index contributed by atoms with van der Waals surface area (Å²) in [6.07, 6.45) is 4.77. The van der Waals surface area contributed by atoms with Gasteiger partial charge in [0.1, 0.15) is 5.69 Å². The monoisotopic (exact) mass is 252 g/mol. The van der Waals surface area contributed by atoms with E-state index in [9.17, 15) is 0 Å². The van der Waals surface area contributed by atoms with Crippen LogP contribution in [0.5, 0.6) is 5.75 Å². The van der Waals surface area contributed by atoms with Gasteiger partial charge in [-0.25, -0.2) is 0 Å². The third-order valence-corrected chi connectivity index (χ3v) is 2.78. The van der Waals surface area contributed by atoms with Crippen LogP contribution < -0.4 is 10.5 Å². The highest BCUT2D eigenvalue weighted by Gasteiger charge is 2.12. The highest BCUT2D eigenvalue weighted by Crippen LogP contribution is 2.25. The summed E-state index contributed by atoms with van der Waals surface area (Å²) in [6, 6.07) is 0. The van der Waals surface area contributed by atoms with E-state index in [1.165, 1.54) is 0 Å². The Balaban J connectivity index is 2.94. The average molecular weight is 252 g/mol. The normalized spacial score (nSPS) is 12.2. The van der Waals surface area contributed by atoms with Gasteiger partial charge in [0.25, 0.3) is 0 Å². The van der Waals surface area contributed by atoms with E-state index in [0.717, 1.165) is 36.5 Å². The maximum absolute atomic E-state index is 5.53. The van der Waals surface area contributed by atoms with Crippen LogP contribution in [0.3, 0.4) is 0 Å². The summed E-state index contributed by atoms with van der Waals surface area (Å²) < 4.78 is 7.35. The molecule has 0 radical (unpaired) electrons. The summed E-state index contributed by atoms with van der Waals surface area (Å²) in [4.78, 5) is 2.14. The van der Waals surface area contributed by atoms with Crippen LogP contribution in [0.15, 0.2) is 12.3 Å². The highest BCUT2D eigenvalue weighted by atomic mass is 16.5. The second kappa shape index (κ2) is 7.18. The second-order valence-corrected chi connectivity index (χ2v) is 4.55. The molecule has 0 aromatic carbocycles. The molecule has 0 spiro atoms. The number of methoxy groups -OCH3 is 1. The number of nitrogens with two attached hydrogens (primary N) is 1. The van der Waals surface area contributed by atoms with Crippen LogP contribution in [0, 0.1) is 0 Å². The molecule has 0 bridgehead atoms. The van der Waals surface area contributed by atoms with Crippen molar-refractivity contribution in [1.29, 1.82) is 0 Å². The van der Waals surface area contributed by atoms with E-state index in [0.29, 0.717) is 6.54 Å². The number of ether oxygens (including phenoxy) is 1. The zero-order chi connectivity index (χ0) is 13.5. The maximum atomic E-state index is 5.53. The first-order valence-corrected chi connectivity index (χ1v) is 6.21. The van der Waals surface area contributed by atoms with Crippen molar-refractivity contribution in [3.8, 4) is 5.75 Å². The van der Waals surface area contributed by atoms with Crippen molar-refractivity contribution in [1.82, 2.24) is 14.7 Å². The van der Waals surface area contributed by atoms with Crippen molar-refractivity contribution in [2.75, 3.05) is 34.3 Å². The molecule has 5 heteroatoms. The molecular formula is C13H24N4O. The lowest BCUT2D eigenvalue weighted by molar-refractivity contribution is 0.370. The van der Waals surface area contributed by atoms with E-state index < -0.39 is 0 Å². The molecule has 1 aromatic heterocycles. The molecule has 0 aliphatic rings. The van der Waals surface area contributed by atoms with Gasteiger partial charge in [-0.3, -0.25) is 4.68 Å². The van der Waals surface area contributed by atoms with Crippen LogP contribution in [0.2, 0.25) is 0 Å². The number of hydrogen-bond donors (Lipinski definition) is 1. The number of nitrogens with zero attached hydrogens (tertiary/aromatic N) is 3. The van der Waals surface area contributed by atoms with Crippen molar-refractivity contribution in [3.05, 3.63) is 18.0 Å². The summed E-state index contributed by atoms with van der Waals surface area (Å²) in [6.45, 7) is 4.52. The Hall–Kier alpha value is -1.33. The smallest absolute Gasteiger partial charge is 0.164 e. The van der Waals surface area contributed by atoms with Gasteiger partial charge in [-0.2, -0.15) is 5.10 Å². The fourth-order valence-electron chi connectivity index (χ4n) is 1.78. The zero-order valence-corrected chi connectivity index (χ0v) is 11.8. The third-order valence-electron chi connectivity index (χ3n) is 2.78. The van der Waals surface area contributed by atoms with E-state index in [1.807, 2.05) is 4.68 Å². The van der Waals surface area contributed by atoms with Crippen LogP contribution in [0.4, 0.5) is 0 Å². The fraction of sp³-hybridized carbons (Fsp3) is 0.615. The highest BCUT2D eigenvalue weighted by molar-refractivity contribution is 5.65. The Labute approximate surface area is 109 Å². The molecule has 18 heavy (non-hydrogen) atoms. The van der Waals surface area contributed by atoms with Gasteiger partial charge < -0.3 is 15.4 Å². The van der Waals surface area contributed by atoms with Gasteiger partial charge in [-0.15, -0.1) is 0 Å². The van der Waals surface area contributed by atoms with Gasteiger partial charge in [-0.1, -0.05) is 6.08 Å². The molecule has 0 unspecified atom stereocenters. The standard InChI is InChI=1S/C13H24N4O/c1-11(6-5-7-14)13-12(18-4)10-15-17(13)9-8-16(2)3/h6,10H,5,7-9,14H2,1-4H3. The Morgan fingerprint density at radius 3 is 2.83 bits per heavy atom. The lowest BCUT2D eigenvalue weighted by Gasteiger charge is -2.13. The van der Waals surface area contributed by atoms with Gasteiger partial charge in [0.15, 0.2) is 5.75 Å². The van der Waals surface area contributed by atoms with E-state index in [2.05, 4.69) is 37.1 Å². The summed E-state index contributed by atoms with van der Waals surface area (Å²) >= 11 is 0. The molecule has 0 saturated heterocycles. The predicted octanol–water partition coefficient (Wildman–Crippen LogP) is 1.21. The first-order valence-electron chi connectivity index (χ1n) is 6.21. The van der Waals surface area contributed by atoms with Gasteiger partial charge in [-0.05, 0) is 39.6 Å². The molecular weight excluding hydrogens is 228 g/mol. The fourth-order valence-corrected chi connectivity index (χ4v) is 1.78. The molecule has 5 nitrogen and oxygen atoms in total. The van der Waals surface area contributed by atoms with Crippen LogP contribution >= 0.6 is 0 Å². The zero-order valence-electron chi connectivity index (χ0n) is 11.8. The minimum atomic E-state index is 0.658. The van der Waals surface area contributed by atoms with E-state index in [1.54, 1.807) is 13.3 Å². The van der Waals surface area contributed by atoms with Crippen LogP contribution in [-0.2, 0) is 6.54 Å². The predicted molar refractivity (Wildman–Crippen MR) is 74.7 cm³/mol. The van der Waals surface area contributed by atoms with Crippen molar-refractivity contribution in [3.63, 3.8) is 0 Å². The van der Waals surface area contributed by atoms with Crippen molar-refractivity contribution < 1.29 is 4.74 Å². The van der Waals surface area contributed by atoms with Gasteiger partial charge in [0, 0.05) is 6.54 Å². The topological polar surface area (TPSA) is 56.3 Å². The summed E-state index contributed by atoms with van der Waals surface area (Å²) in [5, 5.41) is 4.38. The molecule has 0 saturated carbocycles. The molecule has 1 rings (SSSR count). The first kappa shape index (κ1) is 14.7. The lowest BCUT2D eigenvalue weighted by Crippen LogP contribution is -2.20. The van der Waals surface area contributed by atoms with Crippen LogP contribution in [0.1, 0.15) is 19.0 Å². The largest absolute Gasteiger partial charge is 0.493 e. The molecule has 0 aliphatic heterocycles. The van der Waals surface area contributed by atoms with Crippen molar-refractivity contribution in [2.45, 2.75) is 19.9 Å². The first-order chi connectivity index (χ1) is 8.60. The number of aromatic nitrogens is 2. The molecule has 0 amide bonds. The number of allylic oxidation sites excluding steroid dienone is 1. The lowest BCUT2D eigenvalue weighted by atomic mass is 10.1. The molecule has 0 fully saturated rings. The average Bonchev–Trinajstić information content (AvgIpc) is 2.76. The van der Waals surface area contributed by atoms with Crippen LogP contribution in [-0.4, -0.2) is 49.0 Å². The summed E-state index contributed by atoms with van der Waals surface area (Å²) in [7, 11) is 5.78. The van der Waals surface area contributed by atoms with E-state index >= 15 is 0 Å². The Kier molecular flexibility index (Phi) is 5.88. The number of likely N-dealkylation sites (N-methyl/N-ethyl adjacent to an activating group) is 1. The Morgan fingerprint density at radius 2 is 2.28 bits per heavy atom. The van der Waals surface area contributed by atoms with E-state index in [-0.39, 0.29) is 0 Å². The van der Waals surface area contributed by atoms with Gasteiger partial charge >= 0.3 is 0 Å². The molecule has 0 aliphatic carbocycles. The molecule has 1 aromatic rings. The third kappa shape index (κ3) is 3.85. The number of rotatable bonds is 7. The van der Waals surface area contributed by atoms with Gasteiger partial charge in [0.05, 0.1) is 19.9 Å².